The summed E-state index contributed by atoms with van der Waals surface area (Å²) in [6, 6.07) is 12.3. The number of aromatic carboxylic acids is 1. The van der Waals surface area contributed by atoms with Crippen molar-refractivity contribution in [3.63, 3.8) is 0 Å². The normalized spacial score (nSPS) is 11.0. The molecule has 0 bridgehead atoms. The van der Waals surface area contributed by atoms with Gasteiger partial charge in [0, 0.05) is 35.1 Å². The number of aryl methyl sites for hydroxylation is 1. The van der Waals surface area contributed by atoms with Gasteiger partial charge >= 0.3 is 5.97 Å². The predicted octanol–water partition coefficient (Wildman–Crippen LogP) is 3.60. The Labute approximate surface area is 133 Å². The fourth-order valence-electron chi connectivity index (χ4n) is 2.70. The molecule has 0 unspecified atom stereocenters. The molecule has 0 aliphatic heterocycles. The van der Waals surface area contributed by atoms with Crippen molar-refractivity contribution >= 4 is 16.9 Å². The molecule has 0 aliphatic carbocycles. The highest BCUT2D eigenvalue weighted by Crippen LogP contribution is 2.24. The van der Waals surface area contributed by atoms with E-state index < -0.39 is 5.97 Å². The van der Waals surface area contributed by atoms with E-state index >= 15 is 0 Å². The van der Waals surface area contributed by atoms with Crippen LogP contribution in [0.4, 0.5) is 4.39 Å². The third kappa shape index (κ3) is 3.10. The third-order valence-corrected chi connectivity index (χ3v) is 3.85. The van der Waals surface area contributed by atoms with Gasteiger partial charge in [-0.3, -0.25) is 0 Å². The van der Waals surface area contributed by atoms with Gasteiger partial charge in [-0.05, 0) is 24.6 Å². The number of carboxylic acids is 1. The first-order valence-corrected chi connectivity index (χ1v) is 7.35. The van der Waals surface area contributed by atoms with Gasteiger partial charge in [0.05, 0.1) is 0 Å². The highest BCUT2D eigenvalue weighted by molar-refractivity contribution is 5.97. The first kappa shape index (κ1) is 15.2. The number of nitrogens with one attached hydrogen (secondary N) is 2. The summed E-state index contributed by atoms with van der Waals surface area (Å²) in [5.41, 5.74) is 3.27. The number of halogens is 1. The average Bonchev–Trinajstić information content (AvgIpc) is 2.87. The lowest BCUT2D eigenvalue weighted by atomic mass is 10.1. The summed E-state index contributed by atoms with van der Waals surface area (Å²) in [6.07, 6.45) is 0. The molecule has 2 aromatic carbocycles. The number of carbonyl (C=O) groups is 1. The molecule has 1 heterocycles. The molecule has 0 atom stereocenters. The Balaban J connectivity index is 1.85. The molecule has 0 radical (unpaired) electrons. The number of aromatic amines is 1. The number of rotatable bonds is 5. The molecule has 0 fully saturated rings. The molecule has 3 N–H and O–H groups in total. The largest absolute Gasteiger partial charge is 0.477 e. The van der Waals surface area contributed by atoms with Gasteiger partial charge in [0.15, 0.2) is 0 Å². The number of benzene rings is 2. The van der Waals surface area contributed by atoms with Crippen LogP contribution in [0.5, 0.6) is 0 Å². The van der Waals surface area contributed by atoms with Crippen molar-refractivity contribution in [1.29, 1.82) is 0 Å². The Hall–Kier alpha value is -2.66. The minimum atomic E-state index is -0.999. The zero-order valence-corrected chi connectivity index (χ0v) is 12.7. The van der Waals surface area contributed by atoms with Crippen LogP contribution < -0.4 is 5.32 Å². The van der Waals surface area contributed by atoms with Crippen LogP contribution in [-0.2, 0) is 13.1 Å². The van der Waals surface area contributed by atoms with Crippen LogP contribution in [0.1, 0.15) is 27.2 Å². The highest BCUT2D eigenvalue weighted by Gasteiger charge is 2.16. The molecule has 5 heteroatoms. The monoisotopic (exact) mass is 312 g/mol. The number of hydrogen-bond acceptors (Lipinski definition) is 2. The molecule has 3 aromatic rings. The number of hydrogen-bond donors (Lipinski definition) is 3. The maximum atomic E-state index is 13.6. The first-order valence-electron chi connectivity index (χ1n) is 7.35. The zero-order valence-electron chi connectivity index (χ0n) is 12.7. The highest BCUT2D eigenvalue weighted by atomic mass is 19.1. The van der Waals surface area contributed by atoms with Crippen molar-refractivity contribution in [2.45, 2.75) is 20.0 Å². The van der Waals surface area contributed by atoms with Gasteiger partial charge < -0.3 is 15.4 Å². The summed E-state index contributed by atoms with van der Waals surface area (Å²) in [7, 11) is 0. The molecule has 118 valence electrons. The minimum Gasteiger partial charge on any atom is -0.477 e. The van der Waals surface area contributed by atoms with E-state index in [4.69, 9.17) is 0 Å². The van der Waals surface area contributed by atoms with E-state index in [0.29, 0.717) is 24.2 Å². The Morgan fingerprint density at radius 2 is 2.00 bits per heavy atom. The van der Waals surface area contributed by atoms with Gasteiger partial charge in [-0.2, -0.15) is 0 Å². The number of fused-ring (bicyclic) bond motifs is 1. The lowest BCUT2D eigenvalue weighted by molar-refractivity contribution is 0.0690. The fraction of sp³-hybridized carbons (Fsp3) is 0.167. The van der Waals surface area contributed by atoms with Crippen molar-refractivity contribution in [3.8, 4) is 0 Å². The van der Waals surface area contributed by atoms with Crippen LogP contribution in [0, 0.1) is 12.7 Å². The summed E-state index contributed by atoms with van der Waals surface area (Å²) < 4.78 is 13.6. The lowest BCUT2D eigenvalue weighted by Gasteiger charge is -2.06. The van der Waals surface area contributed by atoms with Crippen molar-refractivity contribution in [2.24, 2.45) is 0 Å². The Morgan fingerprint density at radius 3 is 2.74 bits per heavy atom. The number of H-pyrrole nitrogens is 1. The van der Waals surface area contributed by atoms with Gasteiger partial charge in [0.25, 0.3) is 0 Å². The molecule has 0 spiro atoms. The zero-order chi connectivity index (χ0) is 16.4. The molecule has 23 heavy (non-hydrogen) atoms. The Morgan fingerprint density at radius 1 is 1.22 bits per heavy atom. The van der Waals surface area contributed by atoms with E-state index in [1.165, 1.54) is 6.07 Å². The molecular weight excluding hydrogens is 295 g/mol. The SMILES string of the molecule is Cc1ccc2c(CNCc3ccccc3F)c(C(=O)O)[nH]c2c1. The second-order valence-electron chi connectivity index (χ2n) is 5.53. The van der Waals surface area contributed by atoms with E-state index in [9.17, 15) is 14.3 Å². The van der Waals surface area contributed by atoms with Crippen molar-refractivity contribution < 1.29 is 14.3 Å². The van der Waals surface area contributed by atoms with Crippen LogP contribution >= 0.6 is 0 Å². The van der Waals surface area contributed by atoms with Gasteiger partial charge in [0.1, 0.15) is 11.5 Å². The minimum absolute atomic E-state index is 0.173. The Bertz CT molecular complexity index is 871. The van der Waals surface area contributed by atoms with Crippen LogP contribution in [0.3, 0.4) is 0 Å². The molecule has 3 rings (SSSR count). The van der Waals surface area contributed by atoms with Gasteiger partial charge in [-0.15, -0.1) is 0 Å². The maximum absolute atomic E-state index is 13.6. The van der Waals surface area contributed by atoms with Crippen LogP contribution in [0.25, 0.3) is 10.9 Å². The van der Waals surface area contributed by atoms with E-state index in [1.54, 1.807) is 18.2 Å². The van der Waals surface area contributed by atoms with E-state index in [-0.39, 0.29) is 11.5 Å². The molecule has 0 aliphatic rings. The van der Waals surface area contributed by atoms with Crippen LogP contribution in [0.2, 0.25) is 0 Å². The number of aromatic nitrogens is 1. The molecular formula is C18H17FN2O2. The van der Waals surface area contributed by atoms with E-state index in [0.717, 1.165) is 16.5 Å². The molecule has 0 amide bonds. The van der Waals surface area contributed by atoms with Crippen molar-refractivity contribution in [3.05, 3.63) is 70.7 Å². The molecule has 1 aromatic heterocycles. The third-order valence-electron chi connectivity index (χ3n) is 3.85. The van der Waals surface area contributed by atoms with Crippen molar-refractivity contribution in [1.82, 2.24) is 10.3 Å². The molecule has 0 saturated heterocycles. The lowest BCUT2D eigenvalue weighted by Crippen LogP contribution is -2.15. The van der Waals surface area contributed by atoms with E-state index in [1.807, 2.05) is 25.1 Å². The number of carboxylic acid groups (broad SMARTS) is 1. The molecule has 0 saturated carbocycles. The van der Waals surface area contributed by atoms with Gasteiger partial charge in [-0.25, -0.2) is 9.18 Å². The standard InChI is InChI=1S/C18H17FN2O2/c1-11-6-7-13-14(17(18(22)23)21-16(13)8-11)10-20-9-12-4-2-3-5-15(12)19/h2-8,20-21H,9-10H2,1H3,(H,22,23). The van der Waals surface area contributed by atoms with Gasteiger partial charge in [0.2, 0.25) is 0 Å². The average molecular weight is 312 g/mol. The van der Waals surface area contributed by atoms with E-state index in [2.05, 4.69) is 10.3 Å². The molecule has 4 nitrogen and oxygen atoms in total. The smallest absolute Gasteiger partial charge is 0.352 e. The quantitative estimate of drug-likeness (QED) is 0.674. The topological polar surface area (TPSA) is 65.1 Å². The summed E-state index contributed by atoms with van der Waals surface area (Å²) >= 11 is 0. The summed E-state index contributed by atoms with van der Waals surface area (Å²) in [6.45, 7) is 2.64. The van der Waals surface area contributed by atoms with Crippen LogP contribution in [0.15, 0.2) is 42.5 Å². The first-order chi connectivity index (χ1) is 11.1. The summed E-state index contributed by atoms with van der Waals surface area (Å²) in [5.74, 6) is -1.27. The predicted molar refractivity (Wildman–Crippen MR) is 86.9 cm³/mol. The second kappa shape index (κ2) is 6.22. The van der Waals surface area contributed by atoms with Gasteiger partial charge in [-0.1, -0.05) is 30.3 Å². The summed E-state index contributed by atoms with van der Waals surface area (Å²) in [5, 5.41) is 13.4. The van der Waals surface area contributed by atoms with Crippen molar-refractivity contribution in [2.75, 3.05) is 0 Å². The second-order valence-corrected chi connectivity index (χ2v) is 5.53. The Kier molecular flexibility index (Phi) is 4.12. The van der Waals surface area contributed by atoms with Crippen LogP contribution in [-0.4, -0.2) is 16.1 Å². The maximum Gasteiger partial charge on any atom is 0.352 e. The summed E-state index contributed by atoms with van der Waals surface area (Å²) in [4.78, 5) is 14.4. The fourth-order valence-corrected chi connectivity index (χ4v) is 2.70.